The van der Waals surface area contributed by atoms with E-state index in [0.717, 1.165) is 18.0 Å². The second kappa shape index (κ2) is 9.70. The van der Waals surface area contributed by atoms with Crippen LogP contribution < -0.4 is 5.32 Å². The Morgan fingerprint density at radius 3 is 2.86 bits per heavy atom. The third kappa shape index (κ3) is 6.57. The van der Waals surface area contributed by atoms with Gasteiger partial charge in [-0.15, -0.1) is 0 Å². The zero-order chi connectivity index (χ0) is 14.9. The van der Waals surface area contributed by atoms with Gasteiger partial charge in [-0.2, -0.15) is 11.8 Å². The van der Waals surface area contributed by atoms with Crippen LogP contribution in [-0.2, 0) is 11.3 Å². The molecule has 0 amide bonds. The molecule has 0 radical (unpaired) electrons. The highest BCUT2D eigenvalue weighted by Gasteiger charge is 2.13. The van der Waals surface area contributed by atoms with Crippen molar-refractivity contribution in [2.24, 2.45) is 5.92 Å². The number of benzene rings is 1. The maximum atomic E-state index is 9.90. The molecule has 0 aliphatic carbocycles. The largest absolute Gasteiger partial charge is 0.389 e. The predicted molar refractivity (Wildman–Crippen MR) is 90.0 cm³/mol. The molecule has 1 aliphatic rings. The lowest BCUT2D eigenvalue weighted by molar-refractivity contribution is 0.0285. The summed E-state index contributed by atoms with van der Waals surface area (Å²) in [6.45, 7) is 2.36. The van der Waals surface area contributed by atoms with Gasteiger partial charge in [0.15, 0.2) is 0 Å². The maximum absolute atomic E-state index is 9.90. The van der Waals surface area contributed by atoms with Crippen LogP contribution in [0.15, 0.2) is 24.3 Å². The summed E-state index contributed by atoms with van der Waals surface area (Å²) < 4.78 is 5.53. The minimum absolute atomic E-state index is 0.332. The van der Waals surface area contributed by atoms with Gasteiger partial charge >= 0.3 is 0 Å². The van der Waals surface area contributed by atoms with Gasteiger partial charge in [0, 0.05) is 11.6 Å². The van der Waals surface area contributed by atoms with E-state index in [1.165, 1.54) is 24.3 Å². The van der Waals surface area contributed by atoms with Crippen molar-refractivity contribution < 1.29 is 9.84 Å². The fourth-order valence-electron chi connectivity index (χ4n) is 2.38. The molecule has 0 aromatic heterocycles. The lowest BCUT2D eigenvalue weighted by atomic mass is 10.0. The van der Waals surface area contributed by atoms with E-state index in [1.54, 1.807) is 0 Å². The predicted octanol–water partition coefficient (Wildman–Crippen LogP) is 2.95. The van der Waals surface area contributed by atoms with Crippen LogP contribution >= 0.6 is 23.4 Å². The highest BCUT2D eigenvalue weighted by molar-refractivity contribution is 7.99. The quantitative estimate of drug-likeness (QED) is 0.769. The highest BCUT2D eigenvalue weighted by atomic mass is 35.5. The normalized spacial score (nSPS) is 17.8. The van der Waals surface area contributed by atoms with Crippen LogP contribution in [-0.4, -0.2) is 42.4 Å². The van der Waals surface area contributed by atoms with E-state index in [0.29, 0.717) is 24.8 Å². The molecule has 1 fully saturated rings. The molecule has 1 saturated heterocycles. The zero-order valence-electron chi connectivity index (χ0n) is 12.3. The molecule has 2 rings (SSSR count). The van der Waals surface area contributed by atoms with Crippen molar-refractivity contribution in [3.05, 3.63) is 34.9 Å². The van der Waals surface area contributed by atoms with E-state index < -0.39 is 6.10 Å². The zero-order valence-corrected chi connectivity index (χ0v) is 13.8. The molecule has 3 nitrogen and oxygen atoms in total. The molecule has 1 atom stereocenters. The number of thioether (sulfide) groups is 1. The molecule has 1 aromatic carbocycles. The minimum atomic E-state index is -0.467. The van der Waals surface area contributed by atoms with Crippen molar-refractivity contribution >= 4 is 23.4 Å². The van der Waals surface area contributed by atoms with E-state index in [-0.39, 0.29) is 0 Å². The molecule has 1 aliphatic heterocycles. The fraction of sp³-hybridized carbons (Fsp3) is 0.625. The Hall–Kier alpha value is -0.260. The van der Waals surface area contributed by atoms with Gasteiger partial charge in [-0.05, 0) is 48.4 Å². The standard InChI is InChI=1S/C16H24ClNO2S/c17-16-4-2-1-3-14(16)11-20-12-15(19)10-18-9-13-5-7-21-8-6-13/h1-4,13,15,18-19H,5-12H2. The molecule has 1 heterocycles. The van der Waals surface area contributed by atoms with E-state index >= 15 is 0 Å². The topological polar surface area (TPSA) is 41.5 Å². The maximum Gasteiger partial charge on any atom is 0.0897 e. The SMILES string of the molecule is OC(CNCC1CCSCC1)COCc1ccccc1Cl. The molecule has 1 aromatic rings. The van der Waals surface area contributed by atoms with Gasteiger partial charge in [-0.3, -0.25) is 0 Å². The monoisotopic (exact) mass is 329 g/mol. The van der Waals surface area contributed by atoms with Crippen LogP contribution in [0.1, 0.15) is 18.4 Å². The average molecular weight is 330 g/mol. The van der Waals surface area contributed by atoms with Gasteiger partial charge in [0.1, 0.15) is 0 Å². The van der Waals surface area contributed by atoms with Crippen LogP contribution in [0.25, 0.3) is 0 Å². The summed E-state index contributed by atoms with van der Waals surface area (Å²) in [4.78, 5) is 0. The van der Waals surface area contributed by atoms with Gasteiger partial charge in [0.2, 0.25) is 0 Å². The number of halogens is 1. The first-order chi connectivity index (χ1) is 10.3. The molecule has 118 valence electrons. The second-order valence-electron chi connectivity index (χ2n) is 5.47. The van der Waals surface area contributed by atoms with E-state index in [1.807, 2.05) is 36.0 Å². The van der Waals surface area contributed by atoms with Crippen LogP contribution in [0, 0.1) is 5.92 Å². The molecule has 0 spiro atoms. The molecule has 1 unspecified atom stereocenters. The van der Waals surface area contributed by atoms with E-state index in [2.05, 4.69) is 5.32 Å². The number of hydrogen-bond donors (Lipinski definition) is 2. The van der Waals surface area contributed by atoms with Gasteiger partial charge < -0.3 is 15.2 Å². The van der Waals surface area contributed by atoms with Gasteiger partial charge in [-0.1, -0.05) is 29.8 Å². The summed E-state index contributed by atoms with van der Waals surface area (Å²) in [6, 6.07) is 7.62. The number of ether oxygens (including phenoxy) is 1. The third-order valence-electron chi connectivity index (χ3n) is 3.68. The van der Waals surface area contributed by atoms with Crippen LogP contribution in [0.5, 0.6) is 0 Å². The third-order valence-corrected chi connectivity index (χ3v) is 5.10. The number of rotatable bonds is 8. The first-order valence-electron chi connectivity index (χ1n) is 7.53. The minimum Gasteiger partial charge on any atom is -0.389 e. The Labute approximate surface area is 136 Å². The molecule has 2 N–H and O–H groups in total. The molecule has 0 saturated carbocycles. The van der Waals surface area contributed by atoms with Crippen molar-refractivity contribution in [2.45, 2.75) is 25.6 Å². The van der Waals surface area contributed by atoms with Crippen molar-refractivity contribution in [3.8, 4) is 0 Å². The first kappa shape index (κ1) is 17.1. The summed E-state index contributed by atoms with van der Waals surface area (Å²) in [7, 11) is 0. The van der Waals surface area contributed by atoms with Crippen LogP contribution in [0.2, 0.25) is 5.02 Å². The van der Waals surface area contributed by atoms with Crippen molar-refractivity contribution in [2.75, 3.05) is 31.2 Å². The average Bonchev–Trinajstić information content (AvgIpc) is 2.50. The van der Waals surface area contributed by atoms with Gasteiger partial charge in [-0.25, -0.2) is 0 Å². The Morgan fingerprint density at radius 1 is 1.33 bits per heavy atom. The summed E-state index contributed by atoms with van der Waals surface area (Å²) >= 11 is 8.09. The summed E-state index contributed by atoms with van der Waals surface area (Å²) in [5.74, 6) is 3.31. The molecule has 5 heteroatoms. The molecular formula is C16H24ClNO2S. The summed E-state index contributed by atoms with van der Waals surface area (Å²) in [5, 5.41) is 14.0. The van der Waals surface area contributed by atoms with Gasteiger partial charge in [0.25, 0.3) is 0 Å². The fourth-order valence-corrected chi connectivity index (χ4v) is 3.78. The van der Waals surface area contributed by atoms with Gasteiger partial charge in [0.05, 0.1) is 19.3 Å². The second-order valence-corrected chi connectivity index (χ2v) is 7.11. The first-order valence-corrected chi connectivity index (χ1v) is 9.06. The lowest BCUT2D eigenvalue weighted by Gasteiger charge is -2.22. The van der Waals surface area contributed by atoms with Crippen molar-refractivity contribution in [3.63, 3.8) is 0 Å². The number of aliphatic hydroxyl groups is 1. The highest BCUT2D eigenvalue weighted by Crippen LogP contribution is 2.21. The van der Waals surface area contributed by atoms with Crippen molar-refractivity contribution in [1.82, 2.24) is 5.32 Å². The summed E-state index contributed by atoms with van der Waals surface area (Å²) in [6.07, 6.45) is 2.11. The molecule has 21 heavy (non-hydrogen) atoms. The Kier molecular flexibility index (Phi) is 7.89. The Balaban J connectivity index is 1.55. The number of nitrogens with one attached hydrogen (secondary N) is 1. The van der Waals surface area contributed by atoms with Crippen molar-refractivity contribution in [1.29, 1.82) is 0 Å². The number of aliphatic hydroxyl groups excluding tert-OH is 1. The van der Waals surface area contributed by atoms with Crippen LogP contribution in [0.3, 0.4) is 0 Å². The lowest BCUT2D eigenvalue weighted by Crippen LogP contribution is -2.34. The Morgan fingerprint density at radius 2 is 2.10 bits per heavy atom. The van der Waals surface area contributed by atoms with E-state index in [4.69, 9.17) is 16.3 Å². The van der Waals surface area contributed by atoms with Crippen LogP contribution in [0.4, 0.5) is 0 Å². The molecular weight excluding hydrogens is 306 g/mol. The number of hydrogen-bond acceptors (Lipinski definition) is 4. The summed E-state index contributed by atoms with van der Waals surface area (Å²) in [5.41, 5.74) is 0.957. The Bertz CT molecular complexity index is 413. The molecule has 0 bridgehead atoms. The smallest absolute Gasteiger partial charge is 0.0897 e. The van der Waals surface area contributed by atoms with E-state index in [9.17, 15) is 5.11 Å².